The third-order valence-electron chi connectivity index (χ3n) is 3.38. The molecule has 1 aromatic heterocycles. The van der Waals surface area contributed by atoms with Crippen molar-refractivity contribution in [3.63, 3.8) is 0 Å². The first kappa shape index (κ1) is 9.09. The molecule has 1 aliphatic heterocycles. The van der Waals surface area contributed by atoms with Crippen molar-refractivity contribution in [1.29, 1.82) is 0 Å². The zero-order valence-corrected chi connectivity index (χ0v) is 8.81. The summed E-state index contributed by atoms with van der Waals surface area (Å²) in [4.78, 5) is 8.19. The summed E-state index contributed by atoms with van der Waals surface area (Å²) >= 11 is 0. The number of aromatic nitrogens is 2. The van der Waals surface area contributed by atoms with Gasteiger partial charge in [0.15, 0.2) is 0 Å². The third-order valence-corrected chi connectivity index (χ3v) is 3.38. The average Bonchev–Trinajstić information content (AvgIpc) is 2.27. The Morgan fingerprint density at radius 2 is 2.13 bits per heavy atom. The van der Waals surface area contributed by atoms with E-state index in [1.807, 2.05) is 13.0 Å². The standard InChI is InChI=1S/C11H15N3O/c1-7-2-10(14-6-13-7)15-11-8-3-9(11)5-12-4-8/h2,6,8-9,11-12H,3-5H2,1H3/t8-,9+,11?. The van der Waals surface area contributed by atoms with E-state index in [1.165, 1.54) is 6.42 Å². The molecule has 3 rings (SSSR count). The van der Waals surface area contributed by atoms with Crippen LogP contribution < -0.4 is 10.1 Å². The molecule has 4 heteroatoms. The van der Waals surface area contributed by atoms with Crippen molar-refractivity contribution >= 4 is 0 Å². The number of rotatable bonds is 2. The zero-order valence-electron chi connectivity index (χ0n) is 8.81. The minimum Gasteiger partial charge on any atom is -0.474 e. The number of aryl methyl sites for hydroxylation is 1. The fraction of sp³-hybridized carbons (Fsp3) is 0.636. The fourth-order valence-electron chi connectivity index (χ4n) is 2.53. The van der Waals surface area contributed by atoms with E-state index in [4.69, 9.17) is 4.74 Å². The smallest absolute Gasteiger partial charge is 0.216 e. The molecule has 1 saturated carbocycles. The SMILES string of the molecule is Cc1cc(OC2[C@@H]3CNC[C@H]2C3)ncn1. The van der Waals surface area contributed by atoms with Gasteiger partial charge in [-0.1, -0.05) is 0 Å². The summed E-state index contributed by atoms with van der Waals surface area (Å²) < 4.78 is 5.91. The Morgan fingerprint density at radius 1 is 1.33 bits per heavy atom. The van der Waals surface area contributed by atoms with Crippen molar-refractivity contribution in [2.24, 2.45) is 11.8 Å². The number of piperidine rings is 2. The molecular weight excluding hydrogens is 190 g/mol. The van der Waals surface area contributed by atoms with Gasteiger partial charge in [-0.25, -0.2) is 9.97 Å². The second-order valence-electron chi connectivity index (χ2n) is 4.49. The van der Waals surface area contributed by atoms with E-state index in [-0.39, 0.29) is 0 Å². The maximum absolute atomic E-state index is 5.91. The van der Waals surface area contributed by atoms with Crippen LogP contribution >= 0.6 is 0 Å². The molecule has 1 saturated heterocycles. The molecule has 0 spiro atoms. The highest BCUT2D eigenvalue weighted by Crippen LogP contribution is 2.39. The Bertz CT molecular complexity index is 355. The Hall–Kier alpha value is -1.16. The molecule has 1 aliphatic carbocycles. The van der Waals surface area contributed by atoms with Crippen LogP contribution in [0, 0.1) is 18.8 Å². The molecule has 1 unspecified atom stereocenters. The second-order valence-corrected chi connectivity index (χ2v) is 4.49. The van der Waals surface area contributed by atoms with Crippen LogP contribution in [-0.4, -0.2) is 29.2 Å². The molecule has 3 atom stereocenters. The molecule has 2 heterocycles. The van der Waals surface area contributed by atoms with E-state index in [2.05, 4.69) is 15.3 Å². The second kappa shape index (κ2) is 3.45. The highest BCUT2D eigenvalue weighted by Gasteiger charge is 2.45. The van der Waals surface area contributed by atoms with Crippen LogP contribution in [0.4, 0.5) is 0 Å². The summed E-state index contributed by atoms with van der Waals surface area (Å²) in [5.41, 5.74) is 0.961. The maximum atomic E-state index is 5.91. The van der Waals surface area contributed by atoms with Crippen molar-refractivity contribution < 1.29 is 4.74 Å². The highest BCUT2D eigenvalue weighted by atomic mass is 16.5. The molecule has 1 aromatic rings. The number of nitrogens with one attached hydrogen (secondary N) is 1. The molecule has 0 radical (unpaired) electrons. The number of hydrogen-bond donors (Lipinski definition) is 1. The fourth-order valence-corrected chi connectivity index (χ4v) is 2.53. The van der Waals surface area contributed by atoms with Crippen LogP contribution in [0.3, 0.4) is 0 Å². The molecule has 80 valence electrons. The Balaban J connectivity index is 1.70. The molecule has 1 N–H and O–H groups in total. The Kier molecular flexibility index (Phi) is 2.09. The van der Waals surface area contributed by atoms with Gasteiger partial charge in [0.25, 0.3) is 0 Å². The van der Waals surface area contributed by atoms with Gasteiger partial charge in [0.1, 0.15) is 12.4 Å². The number of ether oxygens (including phenoxy) is 1. The van der Waals surface area contributed by atoms with E-state index in [9.17, 15) is 0 Å². The normalized spacial score (nSPS) is 33.3. The predicted molar refractivity (Wildman–Crippen MR) is 55.7 cm³/mol. The first-order valence-electron chi connectivity index (χ1n) is 5.49. The maximum Gasteiger partial charge on any atom is 0.216 e. The minimum atomic E-state index is 0.376. The monoisotopic (exact) mass is 205 g/mol. The summed E-state index contributed by atoms with van der Waals surface area (Å²) in [7, 11) is 0. The molecule has 0 amide bonds. The number of nitrogens with zero attached hydrogens (tertiary/aromatic N) is 2. The Labute approximate surface area is 89.1 Å². The third kappa shape index (κ3) is 1.59. The number of hydrogen-bond acceptors (Lipinski definition) is 4. The van der Waals surface area contributed by atoms with E-state index in [1.54, 1.807) is 6.33 Å². The van der Waals surface area contributed by atoms with Crippen molar-refractivity contribution in [1.82, 2.24) is 15.3 Å². The summed E-state index contributed by atoms with van der Waals surface area (Å²) in [6.45, 7) is 4.13. The number of fused-ring (bicyclic) bond motifs is 2. The van der Waals surface area contributed by atoms with Crippen molar-refractivity contribution in [3.8, 4) is 5.88 Å². The van der Waals surface area contributed by atoms with Gasteiger partial charge >= 0.3 is 0 Å². The highest BCUT2D eigenvalue weighted by molar-refractivity contribution is 5.14. The van der Waals surface area contributed by atoms with E-state index in [0.717, 1.165) is 24.7 Å². The van der Waals surface area contributed by atoms with E-state index in [0.29, 0.717) is 17.9 Å². The van der Waals surface area contributed by atoms with Gasteiger partial charge in [-0.05, 0) is 13.3 Å². The summed E-state index contributed by atoms with van der Waals surface area (Å²) in [6.07, 6.45) is 3.25. The van der Waals surface area contributed by atoms with Crippen LogP contribution in [0.5, 0.6) is 5.88 Å². The molecule has 0 aromatic carbocycles. The van der Waals surface area contributed by atoms with Crippen LogP contribution in [0.25, 0.3) is 0 Å². The van der Waals surface area contributed by atoms with Crippen LogP contribution in [0.1, 0.15) is 12.1 Å². The van der Waals surface area contributed by atoms with Gasteiger partial charge in [-0.3, -0.25) is 0 Å². The predicted octanol–water partition coefficient (Wildman–Crippen LogP) is 0.772. The quantitative estimate of drug-likeness (QED) is 0.774. The molecule has 2 bridgehead atoms. The van der Waals surface area contributed by atoms with Gasteiger partial charge in [-0.15, -0.1) is 0 Å². The van der Waals surface area contributed by atoms with Crippen LogP contribution in [0.15, 0.2) is 12.4 Å². The molecule has 4 nitrogen and oxygen atoms in total. The van der Waals surface area contributed by atoms with Crippen molar-refractivity contribution in [2.45, 2.75) is 19.4 Å². The van der Waals surface area contributed by atoms with Crippen LogP contribution in [0.2, 0.25) is 0 Å². The largest absolute Gasteiger partial charge is 0.474 e. The zero-order chi connectivity index (χ0) is 10.3. The lowest BCUT2D eigenvalue weighted by Crippen LogP contribution is -2.59. The van der Waals surface area contributed by atoms with E-state index < -0.39 is 0 Å². The minimum absolute atomic E-state index is 0.376. The molecule has 2 aliphatic rings. The lowest BCUT2D eigenvalue weighted by Gasteiger charge is -2.48. The lowest BCUT2D eigenvalue weighted by atomic mass is 9.69. The molecule has 2 fully saturated rings. The van der Waals surface area contributed by atoms with Crippen LogP contribution in [-0.2, 0) is 0 Å². The van der Waals surface area contributed by atoms with Gasteiger partial charge in [-0.2, -0.15) is 0 Å². The molecular formula is C11H15N3O. The topological polar surface area (TPSA) is 47.0 Å². The van der Waals surface area contributed by atoms with Crippen molar-refractivity contribution in [3.05, 3.63) is 18.1 Å². The summed E-state index contributed by atoms with van der Waals surface area (Å²) in [5, 5.41) is 3.40. The first-order chi connectivity index (χ1) is 7.33. The van der Waals surface area contributed by atoms with Gasteiger partial charge in [0.05, 0.1) is 0 Å². The van der Waals surface area contributed by atoms with E-state index >= 15 is 0 Å². The average molecular weight is 205 g/mol. The first-order valence-corrected chi connectivity index (χ1v) is 5.49. The summed E-state index contributed by atoms with van der Waals surface area (Å²) in [5.74, 6) is 2.09. The lowest BCUT2D eigenvalue weighted by molar-refractivity contribution is -0.0471. The molecule has 15 heavy (non-hydrogen) atoms. The Morgan fingerprint density at radius 3 is 2.80 bits per heavy atom. The van der Waals surface area contributed by atoms with Gasteiger partial charge in [0, 0.05) is 36.7 Å². The summed E-state index contributed by atoms with van der Waals surface area (Å²) in [6, 6.07) is 1.90. The van der Waals surface area contributed by atoms with Crippen molar-refractivity contribution in [2.75, 3.05) is 13.1 Å². The van der Waals surface area contributed by atoms with Gasteiger partial charge < -0.3 is 10.1 Å². The van der Waals surface area contributed by atoms with Gasteiger partial charge in [0.2, 0.25) is 5.88 Å².